The minimum Gasteiger partial charge on any atom is -0.354 e. The van der Waals surface area contributed by atoms with Gasteiger partial charge in [0.15, 0.2) is 0 Å². The molecule has 1 fully saturated rings. The Kier molecular flexibility index (Phi) is 5.55. The Morgan fingerprint density at radius 3 is 3.05 bits per heavy atom. The molecule has 0 bridgehead atoms. The molecule has 0 saturated carbocycles. The summed E-state index contributed by atoms with van der Waals surface area (Å²) in [5.41, 5.74) is 0. The molecule has 2 unspecified atom stereocenters. The lowest BCUT2D eigenvalue weighted by atomic mass is 10.00. The van der Waals surface area contributed by atoms with E-state index < -0.39 is 6.04 Å². The third kappa shape index (κ3) is 4.31. The molecule has 20 heavy (non-hydrogen) atoms. The number of rotatable bonds is 5. The molecule has 6 heteroatoms. The van der Waals surface area contributed by atoms with Crippen LogP contribution in [-0.4, -0.2) is 37.5 Å². The number of piperidine rings is 1. The molecule has 1 aliphatic heterocycles. The van der Waals surface area contributed by atoms with Crippen molar-refractivity contribution in [3.05, 3.63) is 22.4 Å². The summed E-state index contributed by atoms with van der Waals surface area (Å²) < 4.78 is 0. The number of nitrogens with one attached hydrogen (secondary N) is 3. The quantitative estimate of drug-likeness (QED) is 0.758. The van der Waals surface area contributed by atoms with Gasteiger partial charge >= 0.3 is 0 Å². The number of thiophene rings is 1. The third-order valence-corrected chi connectivity index (χ3v) is 4.32. The van der Waals surface area contributed by atoms with E-state index in [-0.39, 0.29) is 11.8 Å². The fourth-order valence-electron chi connectivity index (χ4n) is 2.24. The van der Waals surface area contributed by atoms with Crippen LogP contribution in [0.5, 0.6) is 0 Å². The van der Waals surface area contributed by atoms with Gasteiger partial charge in [0.2, 0.25) is 5.91 Å². The fourth-order valence-corrected chi connectivity index (χ4v) is 2.86. The molecule has 1 aliphatic rings. The highest BCUT2D eigenvalue weighted by atomic mass is 32.1. The van der Waals surface area contributed by atoms with Gasteiger partial charge in [0.1, 0.15) is 6.04 Å². The average molecular weight is 295 g/mol. The van der Waals surface area contributed by atoms with E-state index in [1.807, 2.05) is 11.4 Å². The fraction of sp³-hybridized carbons (Fsp3) is 0.571. The van der Waals surface area contributed by atoms with Gasteiger partial charge in [0.25, 0.3) is 5.91 Å². The van der Waals surface area contributed by atoms with E-state index in [0.717, 1.165) is 25.9 Å². The van der Waals surface area contributed by atoms with Gasteiger partial charge in [0, 0.05) is 6.54 Å². The molecule has 5 nitrogen and oxygen atoms in total. The SMILES string of the molecule is CC(NC(=O)c1cccs1)C(=O)NCC1CCCNC1. The smallest absolute Gasteiger partial charge is 0.261 e. The lowest BCUT2D eigenvalue weighted by molar-refractivity contribution is -0.122. The lowest BCUT2D eigenvalue weighted by Crippen LogP contribution is -2.47. The predicted octanol–water partition coefficient (Wildman–Crippen LogP) is 0.982. The number of amides is 2. The normalized spacial score (nSPS) is 20.1. The Morgan fingerprint density at radius 1 is 1.55 bits per heavy atom. The number of carbonyl (C=O) groups is 2. The summed E-state index contributed by atoms with van der Waals surface area (Å²) in [6.45, 7) is 4.40. The van der Waals surface area contributed by atoms with Gasteiger partial charge in [-0.05, 0) is 50.2 Å². The van der Waals surface area contributed by atoms with Crippen LogP contribution in [0.2, 0.25) is 0 Å². The maximum absolute atomic E-state index is 11.9. The first-order chi connectivity index (χ1) is 9.66. The van der Waals surface area contributed by atoms with Crippen LogP contribution >= 0.6 is 11.3 Å². The van der Waals surface area contributed by atoms with E-state index in [2.05, 4.69) is 16.0 Å². The molecule has 2 atom stereocenters. The van der Waals surface area contributed by atoms with Gasteiger partial charge in [-0.25, -0.2) is 0 Å². The van der Waals surface area contributed by atoms with Crippen molar-refractivity contribution in [2.24, 2.45) is 5.92 Å². The molecule has 1 saturated heterocycles. The van der Waals surface area contributed by atoms with Crippen molar-refractivity contribution < 1.29 is 9.59 Å². The second kappa shape index (κ2) is 7.40. The molecule has 0 aliphatic carbocycles. The summed E-state index contributed by atoms with van der Waals surface area (Å²) in [7, 11) is 0. The molecule has 2 rings (SSSR count). The van der Waals surface area contributed by atoms with Crippen molar-refractivity contribution in [2.75, 3.05) is 19.6 Å². The van der Waals surface area contributed by atoms with Crippen LogP contribution < -0.4 is 16.0 Å². The molecule has 2 amide bonds. The average Bonchev–Trinajstić information content (AvgIpc) is 3.00. The molecule has 0 spiro atoms. The summed E-state index contributed by atoms with van der Waals surface area (Å²) in [5.74, 6) is 0.176. The maximum Gasteiger partial charge on any atom is 0.261 e. The van der Waals surface area contributed by atoms with Crippen molar-refractivity contribution in [1.29, 1.82) is 0 Å². The largest absolute Gasteiger partial charge is 0.354 e. The summed E-state index contributed by atoms with van der Waals surface area (Å²) in [6.07, 6.45) is 2.30. The first-order valence-corrected chi connectivity index (χ1v) is 7.87. The van der Waals surface area contributed by atoms with E-state index in [4.69, 9.17) is 0 Å². The maximum atomic E-state index is 11.9. The Hall–Kier alpha value is -1.40. The molecule has 2 heterocycles. The van der Waals surface area contributed by atoms with E-state index in [1.54, 1.807) is 13.0 Å². The van der Waals surface area contributed by atoms with Gasteiger partial charge in [-0.1, -0.05) is 6.07 Å². The van der Waals surface area contributed by atoms with Crippen LogP contribution in [0.15, 0.2) is 17.5 Å². The van der Waals surface area contributed by atoms with Crippen molar-refractivity contribution in [2.45, 2.75) is 25.8 Å². The number of hydrogen-bond donors (Lipinski definition) is 3. The summed E-state index contributed by atoms with van der Waals surface area (Å²) in [6, 6.07) is 3.06. The van der Waals surface area contributed by atoms with E-state index in [0.29, 0.717) is 17.3 Å². The Labute approximate surface area is 123 Å². The minimum atomic E-state index is -0.513. The zero-order valence-electron chi connectivity index (χ0n) is 11.6. The van der Waals surface area contributed by atoms with Crippen LogP contribution in [0, 0.1) is 5.92 Å². The lowest BCUT2D eigenvalue weighted by Gasteiger charge is -2.23. The number of carbonyl (C=O) groups excluding carboxylic acids is 2. The van der Waals surface area contributed by atoms with E-state index in [9.17, 15) is 9.59 Å². The number of hydrogen-bond acceptors (Lipinski definition) is 4. The van der Waals surface area contributed by atoms with Gasteiger partial charge in [-0.15, -0.1) is 11.3 Å². The first-order valence-electron chi connectivity index (χ1n) is 6.99. The molecule has 0 aromatic carbocycles. The standard InChI is InChI=1S/C14H21N3O2S/c1-10(17-14(19)12-5-3-7-20-12)13(18)16-9-11-4-2-6-15-8-11/h3,5,7,10-11,15H,2,4,6,8-9H2,1H3,(H,16,18)(H,17,19). The summed E-state index contributed by atoms with van der Waals surface area (Å²) in [4.78, 5) is 24.4. The highest BCUT2D eigenvalue weighted by Gasteiger charge is 2.19. The van der Waals surface area contributed by atoms with Crippen molar-refractivity contribution in [3.63, 3.8) is 0 Å². The molecular weight excluding hydrogens is 274 g/mol. The summed E-state index contributed by atoms with van der Waals surface area (Å²) in [5, 5.41) is 10.8. The van der Waals surface area contributed by atoms with Gasteiger partial charge in [-0.2, -0.15) is 0 Å². The van der Waals surface area contributed by atoms with Crippen LogP contribution in [0.25, 0.3) is 0 Å². The molecule has 0 radical (unpaired) electrons. The van der Waals surface area contributed by atoms with Gasteiger partial charge < -0.3 is 16.0 Å². The predicted molar refractivity (Wildman–Crippen MR) is 79.9 cm³/mol. The van der Waals surface area contributed by atoms with Gasteiger partial charge in [0.05, 0.1) is 4.88 Å². The van der Waals surface area contributed by atoms with Crippen molar-refractivity contribution in [1.82, 2.24) is 16.0 Å². The van der Waals surface area contributed by atoms with Gasteiger partial charge in [-0.3, -0.25) is 9.59 Å². The van der Waals surface area contributed by atoms with Crippen molar-refractivity contribution >= 4 is 23.2 Å². The third-order valence-electron chi connectivity index (χ3n) is 3.45. The first kappa shape index (κ1) is 15.0. The van der Waals surface area contributed by atoms with Crippen LogP contribution in [-0.2, 0) is 4.79 Å². The zero-order valence-corrected chi connectivity index (χ0v) is 12.5. The molecule has 3 N–H and O–H groups in total. The summed E-state index contributed by atoms with van der Waals surface area (Å²) >= 11 is 1.37. The highest BCUT2D eigenvalue weighted by Crippen LogP contribution is 2.09. The van der Waals surface area contributed by atoms with Crippen LogP contribution in [0.4, 0.5) is 0 Å². The molecule has 110 valence electrons. The second-order valence-electron chi connectivity index (χ2n) is 5.13. The molecule has 1 aromatic heterocycles. The van der Waals surface area contributed by atoms with Crippen molar-refractivity contribution in [3.8, 4) is 0 Å². The second-order valence-corrected chi connectivity index (χ2v) is 6.08. The van der Waals surface area contributed by atoms with Crippen LogP contribution in [0.1, 0.15) is 29.4 Å². The minimum absolute atomic E-state index is 0.125. The molecule has 1 aromatic rings. The Bertz CT molecular complexity index is 441. The molecular formula is C14H21N3O2S. The monoisotopic (exact) mass is 295 g/mol. The van der Waals surface area contributed by atoms with E-state index in [1.165, 1.54) is 11.3 Å². The highest BCUT2D eigenvalue weighted by molar-refractivity contribution is 7.12. The van der Waals surface area contributed by atoms with E-state index >= 15 is 0 Å². The Balaban J connectivity index is 1.72. The topological polar surface area (TPSA) is 70.2 Å². The van der Waals surface area contributed by atoms with Crippen LogP contribution in [0.3, 0.4) is 0 Å². The Morgan fingerprint density at radius 2 is 2.40 bits per heavy atom. The zero-order chi connectivity index (χ0) is 14.4.